The average Bonchev–Trinajstić information content (AvgIpc) is 2.25. The molecule has 1 amide bonds. The number of piperidine rings is 1. The van der Waals surface area contributed by atoms with E-state index in [2.05, 4.69) is 4.74 Å². The van der Waals surface area contributed by atoms with Crippen molar-refractivity contribution in [3.8, 4) is 0 Å². The first-order valence-electron chi connectivity index (χ1n) is 4.97. The second kappa shape index (κ2) is 4.91. The van der Waals surface area contributed by atoms with Crippen LogP contribution in [0.25, 0.3) is 0 Å². The van der Waals surface area contributed by atoms with E-state index in [4.69, 9.17) is 5.73 Å². The number of likely N-dealkylation sites (tertiary alicyclic amines) is 1. The van der Waals surface area contributed by atoms with Crippen molar-refractivity contribution in [2.75, 3.05) is 20.2 Å². The SMILES string of the molecule is COC(=O)C(=O)N1CCC(C(F)(F)F)C(N)C1. The number of esters is 1. The third-order valence-electron chi connectivity index (χ3n) is 2.73. The molecule has 1 heterocycles. The molecule has 0 radical (unpaired) electrons. The standard InChI is InChI=1S/C9H13F3N2O3/c1-17-8(16)7(15)14-3-2-5(6(13)4-14)9(10,11)12/h5-6H,2-4,13H2,1H3. The summed E-state index contributed by atoms with van der Waals surface area (Å²) in [6.07, 6.45) is -4.67. The van der Waals surface area contributed by atoms with Crippen molar-refractivity contribution in [2.45, 2.75) is 18.6 Å². The van der Waals surface area contributed by atoms with E-state index in [0.717, 1.165) is 12.0 Å². The molecule has 5 nitrogen and oxygen atoms in total. The molecule has 98 valence electrons. The summed E-state index contributed by atoms with van der Waals surface area (Å²) in [5, 5.41) is 0. The van der Waals surface area contributed by atoms with Gasteiger partial charge in [0, 0.05) is 19.1 Å². The molecule has 0 aromatic carbocycles. The average molecular weight is 254 g/mol. The molecule has 17 heavy (non-hydrogen) atoms. The number of alkyl halides is 3. The zero-order valence-electron chi connectivity index (χ0n) is 9.16. The van der Waals surface area contributed by atoms with E-state index >= 15 is 0 Å². The van der Waals surface area contributed by atoms with Crippen molar-refractivity contribution in [1.29, 1.82) is 0 Å². The Bertz CT molecular complexity index is 319. The second-order valence-electron chi connectivity index (χ2n) is 3.84. The highest BCUT2D eigenvalue weighted by Gasteiger charge is 2.46. The maximum absolute atomic E-state index is 12.5. The first-order valence-corrected chi connectivity index (χ1v) is 4.97. The van der Waals surface area contributed by atoms with Crippen LogP contribution >= 0.6 is 0 Å². The zero-order valence-corrected chi connectivity index (χ0v) is 9.16. The summed E-state index contributed by atoms with van der Waals surface area (Å²) >= 11 is 0. The molecule has 1 rings (SSSR count). The van der Waals surface area contributed by atoms with Crippen LogP contribution in [0, 0.1) is 5.92 Å². The monoisotopic (exact) mass is 254 g/mol. The van der Waals surface area contributed by atoms with Crippen LogP contribution in [0.4, 0.5) is 13.2 Å². The molecule has 1 aliphatic heterocycles. The van der Waals surface area contributed by atoms with Gasteiger partial charge in [0.15, 0.2) is 0 Å². The third-order valence-corrected chi connectivity index (χ3v) is 2.73. The molecular formula is C9H13F3N2O3. The Hall–Kier alpha value is -1.31. The van der Waals surface area contributed by atoms with E-state index in [-0.39, 0.29) is 19.5 Å². The van der Waals surface area contributed by atoms with Gasteiger partial charge in [0.2, 0.25) is 0 Å². The summed E-state index contributed by atoms with van der Waals surface area (Å²) in [7, 11) is 1.03. The second-order valence-corrected chi connectivity index (χ2v) is 3.84. The van der Waals surface area contributed by atoms with Gasteiger partial charge in [-0.1, -0.05) is 0 Å². The number of halogens is 3. The number of carbonyl (C=O) groups is 2. The van der Waals surface area contributed by atoms with Crippen molar-refractivity contribution in [2.24, 2.45) is 11.7 Å². The first-order chi connectivity index (χ1) is 7.77. The van der Waals surface area contributed by atoms with Crippen LogP contribution in [0.1, 0.15) is 6.42 Å². The highest BCUT2D eigenvalue weighted by Crippen LogP contribution is 2.33. The van der Waals surface area contributed by atoms with Crippen molar-refractivity contribution in [3.63, 3.8) is 0 Å². The van der Waals surface area contributed by atoms with Crippen LogP contribution in [-0.4, -0.2) is 49.2 Å². The predicted octanol–water partition coefficient (Wildman–Crippen LogP) is -0.102. The van der Waals surface area contributed by atoms with Gasteiger partial charge in [-0.15, -0.1) is 0 Å². The van der Waals surface area contributed by atoms with Crippen LogP contribution in [0.15, 0.2) is 0 Å². The molecule has 0 spiro atoms. The molecule has 1 fully saturated rings. The van der Waals surface area contributed by atoms with E-state index in [1.807, 2.05) is 0 Å². The Balaban J connectivity index is 2.64. The van der Waals surface area contributed by atoms with Gasteiger partial charge in [0.1, 0.15) is 0 Å². The van der Waals surface area contributed by atoms with Gasteiger partial charge in [-0.2, -0.15) is 13.2 Å². The van der Waals surface area contributed by atoms with Crippen molar-refractivity contribution >= 4 is 11.9 Å². The van der Waals surface area contributed by atoms with Gasteiger partial charge < -0.3 is 15.4 Å². The highest BCUT2D eigenvalue weighted by atomic mass is 19.4. The van der Waals surface area contributed by atoms with E-state index in [1.165, 1.54) is 0 Å². The Kier molecular flexibility index (Phi) is 3.97. The minimum Gasteiger partial charge on any atom is -0.462 e. The molecule has 2 unspecified atom stereocenters. The van der Waals surface area contributed by atoms with E-state index < -0.39 is 30.0 Å². The fourth-order valence-electron chi connectivity index (χ4n) is 1.79. The molecule has 0 aromatic rings. The summed E-state index contributed by atoms with van der Waals surface area (Å²) in [5.74, 6) is -3.68. The Morgan fingerprint density at radius 2 is 2.00 bits per heavy atom. The van der Waals surface area contributed by atoms with Crippen molar-refractivity contribution in [1.82, 2.24) is 4.90 Å². The molecule has 1 saturated heterocycles. The first kappa shape index (κ1) is 13.8. The number of rotatable bonds is 0. The Labute approximate surface area is 95.7 Å². The van der Waals surface area contributed by atoms with Crippen LogP contribution < -0.4 is 5.73 Å². The lowest BCUT2D eigenvalue weighted by Gasteiger charge is -2.36. The lowest BCUT2D eigenvalue weighted by atomic mass is 9.91. The minimum absolute atomic E-state index is 0.147. The summed E-state index contributed by atoms with van der Waals surface area (Å²) in [6.45, 7) is -0.441. The molecule has 0 saturated carbocycles. The Morgan fingerprint density at radius 3 is 2.41 bits per heavy atom. The van der Waals surface area contributed by atoms with Crippen molar-refractivity contribution < 1.29 is 27.5 Å². The van der Waals surface area contributed by atoms with Crippen molar-refractivity contribution in [3.05, 3.63) is 0 Å². The van der Waals surface area contributed by atoms with E-state index in [9.17, 15) is 22.8 Å². The largest absolute Gasteiger partial charge is 0.462 e. The van der Waals surface area contributed by atoms with Crippen LogP contribution in [-0.2, 0) is 14.3 Å². The molecular weight excluding hydrogens is 241 g/mol. The maximum atomic E-state index is 12.5. The zero-order chi connectivity index (χ0) is 13.2. The van der Waals surface area contributed by atoms with E-state index in [1.54, 1.807) is 0 Å². The van der Waals surface area contributed by atoms with Crippen LogP contribution in [0.2, 0.25) is 0 Å². The summed E-state index contributed by atoms with van der Waals surface area (Å²) in [6, 6.07) is -1.21. The van der Waals surface area contributed by atoms with Crippen LogP contribution in [0.3, 0.4) is 0 Å². The number of nitrogens with zero attached hydrogens (tertiary/aromatic N) is 1. The molecule has 2 atom stereocenters. The van der Waals surface area contributed by atoms with Gasteiger partial charge in [-0.25, -0.2) is 4.79 Å². The quantitative estimate of drug-likeness (QED) is 0.484. The lowest BCUT2D eigenvalue weighted by molar-refractivity contribution is -0.191. The normalized spacial score (nSPS) is 25.6. The highest BCUT2D eigenvalue weighted by molar-refractivity contribution is 6.32. The number of carbonyl (C=O) groups excluding carboxylic acids is 2. The van der Waals surface area contributed by atoms with Gasteiger partial charge in [0.05, 0.1) is 13.0 Å². The fourth-order valence-corrected chi connectivity index (χ4v) is 1.79. The molecule has 0 aliphatic carbocycles. The van der Waals surface area contributed by atoms with Gasteiger partial charge >= 0.3 is 18.1 Å². The number of hydrogen-bond acceptors (Lipinski definition) is 4. The van der Waals surface area contributed by atoms with Crippen LogP contribution in [0.5, 0.6) is 0 Å². The summed E-state index contributed by atoms with van der Waals surface area (Å²) in [5.41, 5.74) is 5.37. The Morgan fingerprint density at radius 1 is 1.41 bits per heavy atom. The molecule has 8 heteroatoms. The maximum Gasteiger partial charge on any atom is 0.396 e. The summed E-state index contributed by atoms with van der Waals surface area (Å²) < 4.78 is 41.6. The number of ether oxygens (including phenoxy) is 1. The van der Waals surface area contributed by atoms with E-state index in [0.29, 0.717) is 0 Å². The minimum atomic E-state index is -4.38. The molecule has 0 bridgehead atoms. The number of amides is 1. The third kappa shape index (κ3) is 3.09. The number of nitrogens with two attached hydrogens (primary N) is 1. The fraction of sp³-hybridized carbons (Fsp3) is 0.778. The molecule has 1 aliphatic rings. The molecule has 0 aromatic heterocycles. The van der Waals surface area contributed by atoms with Gasteiger partial charge in [-0.05, 0) is 6.42 Å². The van der Waals surface area contributed by atoms with Gasteiger partial charge in [0.25, 0.3) is 0 Å². The smallest absolute Gasteiger partial charge is 0.396 e. The summed E-state index contributed by atoms with van der Waals surface area (Å²) in [4.78, 5) is 23.3. The van der Waals surface area contributed by atoms with Gasteiger partial charge in [-0.3, -0.25) is 4.79 Å². The molecule has 2 N–H and O–H groups in total. The number of hydrogen-bond donors (Lipinski definition) is 1. The lowest BCUT2D eigenvalue weighted by Crippen LogP contribution is -2.55. The number of methoxy groups -OCH3 is 1. The topological polar surface area (TPSA) is 72.6 Å². The predicted molar refractivity (Wildman–Crippen MR) is 50.7 cm³/mol.